The summed E-state index contributed by atoms with van der Waals surface area (Å²) in [6.07, 6.45) is 5.77. The molecule has 2 heterocycles. The molecule has 2 aromatic heterocycles. The van der Waals surface area contributed by atoms with Gasteiger partial charge >= 0.3 is 0 Å². The molecule has 0 saturated carbocycles. The molecule has 126 valence electrons. The summed E-state index contributed by atoms with van der Waals surface area (Å²) in [5.74, 6) is 0.771. The van der Waals surface area contributed by atoms with Gasteiger partial charge in [-0.15, -0.1) is 5.10 Å². The van der Waals surface area contributed by atoms with E-state index in [2.05, 4.69) is 34.9 Å². The molecular formula is C17H23N5OSi. The van der Waals surface area contributed by atoms with E-state index in [1.165, 1.54) is 0 Å². The fourth-order valence-corrected chi connectivity index (χ4v) is 3.87. The summed E-state index contributed by atoms with van der Waals surface area (Å²) in [6, 6.07) is 7.02. The Balaban J connectivity index is 1.93. The number of rotatable bonds is 5. The molecule has 0 spiro atoms. The standard InChI is InChI=1S/C17H23N5OSi/c1-13-9-21(12-18-13)16-7-6-15(8-17(16)23-2)22-10-14(19-20-22)11-24(3,4)5/h6-10,12H,11H2,1-5H3. The second-order valence-corrected chi connectivity index (χ2v) is 12.6. The van der Waals surface area contributed by atoms with E-state index >= 15 is 0 Å². The van der Waals surface area contributed by atoms with Crippen LogP contribution in [-0.4, -0.2) is 39.7 Å². The summed E-state index contributed by atoms with van der Waals surface area (Å²) in [6.45, 7) is 8.96. The zero-order chi connectivity index (χ0) is 17.3. The second kappa shape index (κ2) is 6.24. The molecular weight excluding hydrogens is 318 g/mol. The molecule has 0 unspecified atom stereocenters. The van der Waals surface area contributed by atoms with E-state index in [0.29, 0.717) is 0 Å². The van der Waals surface area contributed by atoms with Gasteiger partial charge in [0, 0.05) is 12.3 Å². The maximum Gasteiger partial charge on any atom is 0.145 e. The Labute approximate surface area is 143 Å². The van der Waals surface area contributed by atoms with Crippen LogP contribution in [0.3, 0.4) is 0 Å². The molecule has 7 heteroatoms. The number of hydrogen-bond acceptors (Lipinski definition) is 4. The fraction of sp³-hybridized carbons (Fsp3) is 0.353. The highest BCUT2D eigenvalue weighted by Gasteiger charge is 2.17. The first-order valence-corrected chi connectivity index (χ1v) is 11.7. The van der Waals surface area contributed by atoms with Gasteiger partial charge in [0.25, 0.3) is 0 Å². The van der Waals surface area contributed by atoms with E-state index in [0.717, 1.165) is 34.6 Å². The van der Waals surface area contributed by atoms with Crippen molar-refractivity contribution in [2.45, 2.75) is 32.6 Å². The monoisotopic (exact) mass is 341 g/mol. The third-order valence-electron chi connectivity index (χ3n) is 3.67. The fourth-order valence-electron chi connectivity index (χ4n) is 2.62. The van der Waals surface area contributed by atoms with Crippen LogP contribution >= 0.6 is 0 Å². The summed E-state index contributed by atoms with van der Waals surface area (Å²) in [7, 11) is 0.466. The molecule has 0 N–H and O–H groups in total. The lowest BCUT2D eigenvalue weighted by molar-refractivity contribution is 0.412. The number of ether oxygens (including phenoxy) is 1. The highest BCUT2D eigenvalue weighted by atomic mass is 28.3. The lowest BCUT2D eigenvalue weighted by Gasteiger charge is -2.12. The quantitative estimate of drug-likeness (QED) is 0.669. The number of aryl methyl sites for hydroxylation is 1. The van der Waals surface area contributed by atoms with Crippen LogP contribution in [-0.2, 0) is 6.04 Å². The van der Waals surface area contributed by atoms with Crippen LogP contribution < -0.4 is 4.74 Å². The first kappa shape index (κ1) is 16.4. The van der Waals surface area contributed by atoms with Gasteiger partial charge in [-0.1, -0.05) is 24.9 Å². The third-order valence-corrected chi connectivity index (χ3v) is 5.09. The SMILES string of the molecule is COc1cc(-n2cc(C[Si](C)(C)C)nn2)ccc1-n1cnc(C)c1. The highest BCUT2D eigenvalue weighted by molar-refractivity contribution is 6.75. The molecule has 0 bridgehead atoms. The van der Waals surface area contributed by atoms with E-state index < -0.39 is 8.07 Å². The van der Waals surface area contributed by atoms with Crippen molar-refractivity contribution in [1.29, 1.82) is 0 Å². The van der Waals surface area contributed by atoms with E-state index in [9.17, 15) is 0 Å². The van der Waals surface area contributed by atoms with Gasteiger partial charge in [0.15, 0.2) is 0 Å². The van der Waals surface area contributed by atoms with E-state index in [1.807, 2.05) is 42.1 Å². The molecule has 0 aliphatic carbocycles. The number of aromatic nitrogens is 5. The zero-order valence-electron chi connectivity index (χ0n) is 14.8. The molecule has 0 atom stereocenters. The van der Waals surface area contributed by atoms with Crippen molar-refractivity contribution in [2.24, 2.45) is 0 Å². The van der Waals surface area contributed by atoms with Crippen LogP contribution in [0, 0.1) is 6.92 Å². The summed E-state index contributed by atoms with van der Waals surface area (Å²) < 4.78 is 9.32. The number of imidazole rings is 1. The van der Waals surface area contributed by atoms with Crippen LogP contribution in [0.2, 0.25) is 19.6 Å². The van der Waals surface area contributed by atoms with Crippen molar-refractivity contribution in [2.75, 3.05) is 7.11 Å². The Hall–Kier alpha value is -2.41. The molecule has 0 saturated heterocycles. The molecule has 24 heavy (non-hydrogen) atoms. The Morgan fingerprint density at radius 3 is 2.58 bits per heavy atom. The lowest BCUT2D eigenvalue weighted by atomic mass is 10.2. The molecule has 0 aliphatic heterocycles. The molecule has 3 rings (SSSR count). The minimum atomic E-state index is -1.20. The van der Waals surface area contributed by atoms with E-state index in [4.69, 9.17) is 4.74 Å². The first-order valence-electron chi connectivity index (χ1n) is 7.96. The molecule has 6 nitrogen and oxygen atoms in total. The van der Waals surface area contributed by atoms with Crippen molar-refractivity contribution in [3.63, 3.8) is 0 Å². The lowest BCUT2D eigenvalue weighted by Crippen LogP contribution is -2.24. The molecule has 0 radical (unpaired) electrons. The van der Waals surface area contributed by atoms with Gasteiger partial charge in [0.1, 0.15) is 5.75 Å². The van der Waals surface area contributed by atoms with Crippen molar-refractivity contribution in [3.05, 3.63) is 48.3 Å². The first-order chi connectivity index (χ1) is 11.4. The summed E-state index contributed by atoms with van der Waals surface area (Å²) in [4.78, 5) is 4.27. The largest absolute Gasteiger partial charge is 0.494 e. The van der Waals surface area contributed by atoms with Gasteiger partial charge in [-0.2, -0.15) is 0 Å². The van der Waals surface area contributed by atoms with Crippen molar-refractivity contribution < 1.29 is 4.74 Å². The van der Waals surface area contributed by atoms with Crippen LogP contribution in [0.25, 0.3) is 11.4 Å². The highest BCUT2D eigenvalue weighted by Crippen LogP contribution is 2.26. The van der Waals surface area contributed by atoms with Gasteiger partial charge < -0.3 is 9.30 Å². The van der Waals surface area contributed by atoms with Crippen molar-refractivity contribution >= 4 is 8.07 Å². The van der Waals surface area contributed by atoms with E-state index in [-0.39, 0.29) is 0 Å². The Morgan fingerprint density at radius 1 is 1.17 bits per heavy atom. The minimum absolute atomic E-state index is 0.771. The second-order valence-electron chi connectivity index (χ2n) is 7.17. The number of methoxy groups -OCH3 is 1. The summed E-state index contributed by atoms with van der Waals surface area (Å²) >= 11 is 0. The third kappa shape index (κ3) is 3.56. The Bertz CT molecular complexity index is 847. The number of hydrogen-bond donors (Lipinski definition) is 0. The van der Waals surface area contributed by atoms with Gasteiger partial charge in [-0.05, 0) is 25.1 Å². The number of nitrogens with zero attached hydrogens (tertiary/aromatic N) is 5. The normalized spacial score (nSPS) is 11.7. The Morgan fingerprint density at radius 2 is 1.96 bits per heavy atom. The zero-order valence-corrected chi connectivity index (χ0v) is 15.8. The van der Waals surface area contributed by atoms with Gasteiger partial charge in [-0.3, -0.25) is 0 Å². The average Bonchev–Trinajstić information content (AvgIpc) is 3.14. The predicted molar refractivity (Wildman–Crippen MR) is 96.8 cm³/mol. The van der Waals surface area contributed by atoms with Crippen molar-refractivity contribution in [3.8, 4) is 17.1 Å². The average molecular weight is 341 g/mol. The predicted octanol–water partition coefficient (Wildman–Crippen LogP) is 3.19. The van der Waals surface area contributed by atoms with Crippen LogP contribution in [0.15, 0.2) is 36.9 Å². The summed E-state index contributed by atoms with van der Waals surface area (Å²) in [5.41, 5.74) is 3.89. The van der Waals surface area contributed by atoms with Crippen molar-refractivity contribution in [1.82, 2.24) is 24.5 Å². The van der Waals surface area contributed by atoms with Crippen LogP contribution in [0.1, 0.15) is 11.4 Å². The maximum atomic E-state index is 5.56. The number of benzene rings is 1. The molecule has 0 amide bonds. The molecule has 1 aromatic carbocycles. The van der Waals surface area contributed by atoms with Gasteiger partial charge in [0.2, 0.25) is 0 Å². The van der Waals surface area contributed by atoms with Gasteiger partial charge in [0.05, 0.1) is 50.5 Å². The summed E-state index contributed by atoms with van der Waals surface area (Å²) in [5, 5.41) is 8.58. The maximum absolute atomic E-state index is 5.56. The van der Waals surface area contributed by atoms with Gasteiger partial charge in [-0.25, -0.2) is 9.67 Å². The van der Waals surface area contributed by atoms with Crippen LogP contribution in [0.4, 0.5) is 0 Å². The molecule has 0 aliphatic rings. The van der Waals surface area contributed by atoms with Crippen LogP contribution in [0.5, 0.6) is 5.75 Å². The molecule has 3 aromatic rings. The topological polar surface area (TPSA) is 57.8 Å². The van der Waals surface area contributed by atoms with E-state index in [1.54, 1.807) is 18.1 Å². The minimum Gasteiger partial charge on any atom is -0.494 e. The Kier molecular flexibility index (Phi) is 4.27. The molecule has 0 fully saturated rings. The smallest absolute Gasteiger partial charge is 0.145 e.